The van der Waals surface area contributed by atoms with Crippen molar-refractivity contribution >= 4 is 15.9 Å². The zero-order valence-corrected chi connectivity index (χ0v) is 13.6. The summed E-state index contributed by atoms with van der Waals surface area (Å²) in [4.78, 5) is 6.85. The Hall–Kier alpha value is -1.24. The van der Waals surface area contributed by atoms with Gasteiger partial charge in [0.25, 0.3) is 0 Å². The highest BCUT2D eigenvalue weighted by molar-refractivity contribution is 9.10. The molecule has 2 unspecified atom stereocenters. The largest absolute Gasteiger partial charge is 0.338 e. The maximum atomic E-state index is 5.99. The van der Waals surface area contributed by atoms with Gasteiger partial charge in [0.05, 0.1) is 6.54 Å². The van der Waals surface area contributed by atoms with Gasteiger partial charge in [-0.05, 0) is 31.9 Å². The molecule has 2 atom stereocenters. The van der Waals surface area contributed by atoms with E-state index in [0.717, 1.165) is 29.4 Å². The molecular formula is C15H19BrN4O. The molecule has 0 bridgehead atoms. The number of likely N-dealkylation sites (tertiary alicyclic amines) is 1. The Morgan fingerprint density at radius 1 is 1.48 bits per heavy atom. The molecule has 0 radical (unpaired) electrons. The molecule has 1 aromatic heterocycles. The summed E-state index contributed by atoms with van der Waals surface area (Å²) in [6.07, 6.45) is 2.05. The van der Waals surface area contributed by atoms with Crippen LogP contribution in [0.5, 0.6) is 0 Å². The van der Waals surface area contributed by atoms with Gasteiger partial charge in [0.15, 0.2) is 0 Å². The summed E-state index contributed by atoms with van der Waals surface area (Å²) in [6, 6.07) is 8.66. The van der Waals surface area contributed by atoms with Crippen LogP contribution in [-0.2, 0) is 6.54 Å². The summed E-state index contributed by atoms with van der Waals surface area (Å²) < 4.78 is 6.39. The van der Waals surface area contributed by atoms with Gasteiger partial charge >= 0.3 is 0 Å². The van der Waals surface area contributed by atoms with E-state index >= 15 is 0 Å². The smallest absolute Gasteiger partial charge is 0.241 e. The minimum Gasteiger partial charge on any atom is -0.338 e. The van der Waals surface area contributed by atoms with Crippen LogP contribution in [0.4, 0.5) is 0 Å². The van der Waals surface area contributed by atoms with Crippen LogP contribution in [0.1, 0.15) is 25.7 Å². The Balaban J connectivity index is 1.71. The van der Waals surface area contributed by atoms with Crippen LogP contribution in [0.3, 0.4) is 0 Å². The molecule has 1 fully saturated rings. The van der Waals surface area contributed by atoms with Gasteiger partial charge in [-0.2, -0.15) is 4.98 Å². The molecule has 2 N–H and O–H groups in total. The quantitative estimate of drug-likeness (QED) is 0.921. The fourth-order valence-corrected chi connectivity index (χ4v) is 3.13. The molecule has 5 nitrogen and oxygen atoms in total. The van der Waals surface area contributed by atoms with Gasteiger partial charge in [0.2, 0.25) is 11.7 Å². The number of nitrogens with two attached hydrogens (primary N) is 1. The number of aromatic nitrogens is 2. The maximum absolute atomic E-state index is 5.99. The standard InChI is InChI=1S/C15H19BrN4O/c1-10-7-13(17)5-6-20(10)9-14-18-15(19-21-14)11-3-2-4-12(16)8-11/h2-4,8,10,13H,5-7,9,17H2,1H3. The van der Waals surface area contributed by atoms with Crippen molar-refractivity contribution in [1.29, 1.82) is 0 Å². The fourth-order valence-electron chi connectivity index (χ4n) is 2.73. The minimum absolute atomic E-state index is 0.316. The molecule has 0 amide bonds. The first-order chi connectivity index (χ1) is 10.1. The second kappa shape index (κ2) is 6.25. The lowest BCUT2D eigenvalue weighted by molar-refractivity contribution is 0.124. The van der Waals surface area contributed by atoms with E-state index in [-0.39, 0.29) is 0 Å². The number of nitrogens with zero attached hydrogens (tertiary/aromatic N) is 3. The number of rotatable bonds is 3. The third kappa shape index (κ3) is 3.51. The van der Waals surface area contributed by atoms with Crippen molar-refractivity contribution in [3.8, 4) is 11.4 Å². The number of hydrogen-bond acceptors (Lipinski definition) is 5. The first-order valence-electron chi connectivity index (χ1n) is 7.20. The number of halogens is 1. The third-order valence-electron chi connectivity index (χ3n) is 3.94. The molecule has 1 aliphatic rings. The Morgan fingerprint density at radius 3 is 3.10 bits per heavy atom. The molecule has 0 spiro atoms. The molecule has 2 heterocycles. The Labute approximate surface area is 132 Å². The highest BCUT2D eigenvalue weighted by Gasteiger charge is 2.24. The summed E-state index contributed by atoms with van der Waals surface area (Å²) >= 11 is 3.45. The van der Waals surface area contributed by atoms with Crippen molar-refractivity contribution in [2.45, 2.75) is 38.4 Å². The van der Waals surface area contributed by atoms with Crippen molar-refractivity contribution in [2.24, 2.45) is 5.73 Å². The predicted molar refractivity (Wildman–Crippen MR) is 84.5 cm³/mol. The molecule has 112 valence electrons. The second-order valence-corrected chi connectivity index (χ2v) is 6.54. The molecular weight excluding hydrogens is 332 g/mol. The zero-order chi connectivity index (χ0) is 14.8. The van der Waals surface area contributed by atoms with Crippen molar-refractivity contribution in [3.63, 3.8) is 0 Å². The molecule has 0 aliphatic carbocycles. The van der Waals surface area contributed by atoms with Crippen LogP contribution in [0.2, 0.25) is 0 Å². The molecule has 3 rings (SSSR count). The van der Waals surface area contributed by atoms with Crippen LogP contribution in [0, 0.1) is 0 Å². The van der Waals surface area contributed by atoms with E-state index in [9.17, 15) is 0 Å². The lowest BCUT2D eigenvalue weighted by Gasteiger charge is -2.35. The van der Waals surface area contributed by atoms with E-state index < -0.39 is 0 Å². The van der Waals surface area contributed by atoms with Crippen molar-refractivity contribution < 1.29 is 4.52 Å². The summed E-state index contributed by atoms with van der Waals surface area (Å²) in [5.74, 6) is 1.29. The van der Waals surface area contributed by atoms with Crippen LogP contribution in [-0.4, -0.2) is 33.7 Å². The third-order valence-corrected chi connectivity index (χ3v) is 4.44. The number of benzene rings is 1. The van der Waals surface area contributed by atoms with E-state index in [4.69, 9.17) is 10.3 Å². The monoisotopic (exact) mass is 350 g/mol. The zero-order valence-electron chi connectivity index (χ0n) is 12.0. The van der Waals surface area contributed by atoms with E-state index in [1.54, 1.807) is 0 Å². The molecule has 0 saturated carbocycles. The van der Waals surface area contributed by atoms with Crippen LogP contribution >= 0.6 is 15.9 Å². The maximum Gasteiger partial charge on any atom is 0.241 e. The molecule has 21 heavy (non-hydrogen) atoms. The molecule has 2 aromatic rings. The van der Waals surface area contributed by atoms with Gasteiger partial charge in [0.1, 0.15) is 0 Å². The topological polar surface area (TPSA) is 68.2 Å². The summed E-state index contributed by atoms with van der Waals surface area (Å²) in [7, 11) is 0. The van der Waals surface area contributed by atoms with E-state index in [1.807, 2.05) is 24.3 Å². The highest BCUT2D eigenvalue weighted by atomic mass is 79.9. The van der Waals surface area contributed by atoms with Gasteiger partial charge in [-0.25, -0.2) is 0 Å². The molecule has 6 heteroatoms. The molecule has 1 aromatic carbocycles. The van der Waals surface area contributed by atoms with E-state index in [0.29, 0.717) is 30.3 Å². The Kier molecular flexibility index (Phi) is 4.37. The number of hydrogen-bond donors (Lipinski definition) is 1. The molecule has 1 saturated heterocycles. The van der Waals surface area contributed by atoms with Crippen molar-refractivity contribution in [1.82, 2.24) is 15.0 Å². The fraction of sp³-hybridized carbons (Fsp3) is 0.467. The minimum atomic E-state index is 0.316. The Morgan fingerprint density at radius 2 is 2.33 bits per heavy atom. The van der Waals surface area contributed by atoms with E-state index in [1.165, 1.54) is 0 Å². The highest BCUT2D eigenvalue weighted by Crippen LogP contribution is 2.22. The van der Waals surface area contributed by atoms with Gasteiger partial charge in [0, 0.05) is 28.7 Å². The summed E-state index contributed by atoms with van der Waals surface area (Å²) in [5, 5.41) is 4.07. The van der Waals surface area contributed by atoms with Crippen molar-refractivity contribution in [3.05, 3.63) is 34.6 Å². The van der Waals surface area contributed by atoms with Gasteiger partial charge in [-0.15, -0.1) is 0 Å². The average Bonchev–Trinajstić information content (AvgIpc) is 2.91. The van der Waals surface area contributed by atoms with Gasteiger partial charge in [-0.3, -0.25) is 4.90 Å². The first-order valence-corrected chi connectivity index (χ1v) is 7.99. The lowest BCUT2D eigenvalue weighted by atomic mass is 9.99. The van der Waals surface area contributed by atoms with Gasteiger partial charge in [-0.1, -0.05) is 33.2 Å². The second-order valence-electron chi connectivity index (χ2n) is 5.63. The number of piperidine rings is 1. The average molecular weight is 351 g/mol. The lowest BCUT2D eigenvalue weighted by Crippen LogP contribution is -2.45. The van der Waals surface area contributed by atoms with Crippen molar-refractivity contribution in [2.75, 3.05) is 6.54 Å². The van der Waals surface area contributed by atoms with E-state index in [2.05, 4.69) is 37.9 Å². The summed E-state index contributed by atoms with van der Waals surface area (Å²) in [6.45, 7) is 3.87. The predicted octanol–water partition coefficient (Wildman–Crippen LogP) is 2.81. The van der Waals surface area contributed by atoms with Crippen LogP contribution < -0.4 is 5.73 Å². The Bertz CT molecular complexity index is 615. The SMILES string of the molecule is CC1CC(N)CCN1Cc1nc(-c2cccc(Br)c2)no1. The van der Waals surface area contributed by atoms with Gasteiger partial charge < -0.3 is 10.3 Å². The van der Waals surface area contributed by atoms with Crippen LogP contribution in [0.15, 0.2) is 33.3 Å². The first kappa shape index (κ1) is 14.7. The summed E-state index contributed by atoms with van der Waals surface area (Å²) in [5.41, 5.74) is 6.94. The normalized spacial score (nSPS) is 23.4. The molecule has 1 aliphatic heterocycles. The van der Waals surface area contributed by atoms with Crippen LogP contribution in [0.25, 0.3) is 11.4 Å².